The van der Waals surface area contributed by atoms with Gasteiger partial charge in [-0.3, -0.25) is 4.90 Å². The summed E-state index contributed by atoms with van der Waals surface area (Å²) in [6.07, 6.45) is 7.77. The van der Waals surface area contributed by atoms with E-state index in [-0.39, 0.29) is 6.04 Å². The molecule has 1 unspecified atom stereocenters. The molecule has 2 N–H and O–H groups in total. The lowest BCUT2D eigenvalue weighted by molar-refractivity contribution is 0.0768. The molecule has 1 aromatic rings. The molecule has 1 spiro atoms. The second-order valence-electron chi connectivity index (χ2n) is 6.66. The van der Waals surface area contributed by atoms with Crippen LogP contribution in [0.2, 0.25) is 0 Å². The Kier molecular flexibility index (Phi) is 4.27. The van der Waals surface area contributed by atoms with Crippen LogP contribution in [0.25, 0.3) is 0 Å². The molecular weight excluding hydrogens is 270 g/mol. The molecule has 1 saturated carbocycles. The fourth-order valence-electron chi connectivity index (χ4n) is 4.18. The maximum absolute atomic E-state index is 14.0. The van der Waals surface area contributed by atoms with Crippen LogP contribution in [0.5, 0.6) is 0 Å². The molecular formula is C17H24F2N2. The fraction of sp³-hybridized carbons (Fsp3) is 0.647. The molecule has 2 fully saturated rings. The minimum absolute atomic E-state index is 0.135. The average Bonchev–Trinajstić information content (AvgIpc) is 2.92. The van der Waals surface area contributed by atoms with Gasteiger partial charge >= 0.3 is 0 Å². The summed E-state index contributed by atoms with van der Waals surface area (Å²) in [6, 6.07) is 3.69. The van der Waals surface area contributed by atoms with Gasteiger partial charge in [0.2, 0.25) is 0 Å². The van der Waals surface area contributed by atoms with E-state index in [1.54, 1.807) is 6.07 Å². The molecule has 0 radical (unpaired) electrons. The highest BCUT2D eigenvalue weighted by Gasteiger charge is 2.38. The van der Waals surface area contributed by atoms with E-state index < -0.39 is 11.6 Å². The lowest BCUT2D eigenvalue weighted by Crippen LogP contribution is -2.43. The Morgan fingerprint density at radius 1 is 1.10 bits per heavy atom. The van der Waals surface area contributed by atoms with E-state index in [4.69, 9.17) is 5.73 Å². The zero-order chi connectivity index (χ0) is 14.9. The third-order valence-electron chi connectivity index (χ3n) is 5.51. The first-order valence-electron chi connectivity index (χ1n) is 8.03. The van der Waals surface area contributed by atoms with E-state index in [0.29, 0.717) is 17.5 Å². The summed E-state index contributed by atoms with van der Waals surface area (Å²) in [5.74, 6) is -1.01. The van der Waals surface area contributed by atoms with Gasteiger partial charge in [-0.15, -0.1) is 0 Å². The lowest BCUT2D eigenvalue weighted by atomic mass is 9.76. The Balaban J connectivity index is 1.72. The summed E-state index contributed by atoms with van der Waals surface area (Å²) in [5, 5.41) is 0. The number of hydrogen-bond acceptors (Lipinski definition) is 2. The first-order chi connectivity index (χ1) is 10.1. The van der Waals surface area contributed by atoms with Gasteiger partial charge in [0.05, 0.1) is 0 Å². The molecule has 0 bridgehead atoms. The predicted molar refractivity (Wildman–Crippen MR) is 79.9 cm³/mol. The van der Waals surface area contributed by atoms with Crippen molar-refractivity contribution in [3.63, 3.8) is 0 Å². The maximum Gasteiger partial charge on any atom is 0.130 e. The van der Waals surface area contributed by atoms with E-state index in [0.717, 1.165) is 19.2 Å². The molecule has 1 aromatic carbocycles. The van der Waals surface area contributed by atoms with Crippen LogP contribution in [0.4, 0.5) is 8.78 Å². The Hall–Kier alpha value is -1.00. The summed E-state index contributed by atoms with van der Waals surface area (Å²) in [7, 11) is 0. The summed E-state index contributed by atoms with van der Waals surface area (Å²) < 4.78 is 27.1. The highest BCUT2D eigenvalue weighted by molar-refractivity contribution is 5.23. The number of piperidine rings is 1. The van der Waals surface area contributed by atoms with Crippen molar-refractivity contribution < 1.29 is 8.78 Å². The maximum atomic E-state index is 14.0. The zero-order valence-corrected chi connectivity index (χ0v) is 12.5. The van der Waals surface area contributed by atoms with Crippen LogP contribution in [0.1, 0.15) is 50.1 Å². The quantitative estimate of drug-likeness (QED) is 0.922. The van der Waals surface area contributed by atoms with Gasteiger partial charge in [-0.25, -0.2) is 8.78 Å². The van der Waals surface area contributed by atoms with E-state index in [9.17, 15) is 8.78 Å². The molecule has 4 heteroatoms. The summed E-state index contributed by atoms with van der Waals surface area (Å²) in [5.41, 5.74) is 6.95. The summed E-state index contributed by atoms with van der Waals surface area (Å²) >= 11 is 0. The average molecular weight is 294 g/mol. The molecule has 0 aromatic heterocycles. The van der Waals surface area contributed by atoms with E-state index in [1.807, 2.05) is 0 Å². The van der Waals surface area contributed by atoms with Crippen molar-refractivity contribution in [3.05, 3.63) is 35.4 Å². The predicted octanol–water partition coefficient (Wildman–Crippen LogP) is 3.62. The normalized spacial score (nSPS) is 23.6. The van der Waals surface area contributed by atoms with Crippen molar-refractivity contribution in [2.24, 2.45) is 11.1 Å². The number of halogens is 2. The third kappa shape index (κ3) is 2.97. The van der Waals surface area contributed by atoms with Crippen LogP contribution >= 0.6 is 0 Å². The van der Waals surface area contributed by atoms with Crippen molar-refractivity contribution in [1.29, 1.82) is 0 Å². The largest absolute Gasteiger partial charge is 0.329 e. The molecule has 3 rings (SSSR count). The van der Waals surface area contributed by atoms with Crippen LogP contribution in [-0.2, 0) is 0 Å². The van der Waals surface area contributed by atoms with Gasteiger partial charge < -0.3 is 5.73 Å². The van der Waals surface area contributed by atoms with Crippen molar-refractivity contribution >= 4 is 0 Å². The Labute approximate surface area is 125 Å². The van der Waals surface area contributed by atoms with Crippen LogP contribution in [0, 0.1) is 17.0 Å². The molecule has 116 valence electrons. The molecule has 2 nitrogen and oxygen atoms in total. The van der Waals surface area contributed by atoms with Gasteiger partial charge in [0.1, 0.15) is 11.6 Å². The molecule has 1 atom stereocenters. The van der Waals surface area contributed by atoms with Crippen molar-refractivity contribution in [3.8, 4) is 0 Å². The molecule has 0 amide bonds. The first-order valence-corrected chi connectivity index (χ1v) is 8.03. The zero-order valence-electron chi connectivity index (χ0n) is 12.5. The number of likely N-dealkylation sites (tertiary alicyclic amines) is 1. The van der Waals surface area contributed by atoms with Crippen molar-refractivity contribution in [2.45, 2.75) is 44.6 Å². The second-order valence-corrected chi connectivity index (χ2v) is 6.66. The van der Waals surface area contributed by atoms with Gasteiger partial charge in [0, 0.05) is 24.2 Å². The fourth-order valence-corrected chi connectivity index (χ4v) is 4.18. The highest BCUT2D eigenvalue weighted by Crippen LogP contribution is 2.47. The number of hydrogen-bond donors (Lipinski definition) is 1. The monoisotopic (exact) mass is 294 g/mol. The SMILES string of the molecule is NCC(c1ccc(F)cc1F)N1CCC2(CCCC2)CC1. The minimum Gasteiger partial charge on any atom is -0.329 e. The topological polar surface area (TPSA) is 29.3 Å². The van der Waals surface area contributed by atoms with Crippen LogP contribution in [-0.4, -0.2) is 24.5 Å². The van der Waals surface area contributed by atoms with Gasteiger partial charge in [-0.05, 0) is 50.3 Å². The van der Waals surface area contributed by atoms with E-state index >= 15 is 0 Å². The van der Waals surface area contributed by atoms with Crippen LogP contribution in [0.15, 0.2) is 18.2 Å². The number of nitrogens with zero attached hydrogens (tertiary/aromatic N) is 1. The first kappa shape index (κ1) is 14.9. The molecule has 1 aliphatic carbocycles. The number of nitrogens with two attached hydrogens (primary N) is 1. The molecule has 2 aliphatic rings. The molecule has 1 heterocycles. The summed E-state index contributed by atoms with van der Waals surface area (Å²) in [6.45, 7) is 2.31. The summed E-state index contributed by atoms with van der Waals surface area (Å²) in [4.78, 5) is 2.28. The molecule has 1 saturated heterocycles. The minimum atomic E-state index is -0.532. The van der Waals surface area contributed by atoms with Gasteiger partial charge in [0.15, 0.2) is 0 Å². The molecule has 21 heavy (non-hydrogen) atoms. The second kappa shape index (κ2) is 6.01. The number of benzene rings is 1. The van der Waals surface area contributed by atoms with Gasteiger partial charge in [-0.2, -0.15) is 0 Å². The Morgan fingerprint density at radius 3 is 2.33 bits per heavy atom. The standard InChI is InChI=1S/C17H24F2N2/c18-13-3-4-14(15(19)11-13)16(12-20)21-9-7-17(8-10-21)5-1-2-6-17/h3-4,11,16H,1-2,5-10,12,20H2. The third-order valence-corrected chi connectivity index (χ3v) is 5.51. The van der Waals surface area contributed by atoms with Gasteiger partial charge in [0.25, 0.3) is 0 Å². The highest BCUT2D eigenvalue weighted by atomic mass is 19.1. The molecule has 1 aliphatic heterocycles. The smallest absolute Gasteiger partial charge is 0.130 e. The van der Waals surface area contributed by atoms with Crippen molar-refractivity contribution in [1.82, 2.24) is 4.90 Å². The van der Waals surface area contributed by atoms with Gasteiger partial charge in [-0.1, -0.05) is 18.9 Å². The van der Waals surface area contributed by atoms with E-state index in [1.165, 1.54) is 44.6 Å². The lowest BCUT2D eigenvalue weighted by Gasteiger charge is -2.42. The van der Waals surface area contributed by atoms with Crippen LogP contribution < -0.4 is 5.73 Å². The Morgan fingerprint density at radius 2 is 1.76 bits per heavy atom. The number of rotatable bonds is 3. The Bertz CT molecular complexity index is 488. The van der Waals surface area contributed by atoms with Crippen LogP contribution in [0.3, 0.4) is 0 Å². The van der Waals surface area contributed by atoms with Crippen molar-refractivity contribution in [2.75, 3.05) is 19.6 Å². The van der Waals surface area contributed by atoms with E-state index in [2.05, 4.69) is 4.90 Å².